The monoisotopic (exact) mass is 485 g/mol. The summed E-state index contributed by atoms with van der Waals surface area (Å²) in [6, 6.07) is 4.42. The normalized spacial score (nSPS) is 11.6. The van der Waals surface area contributed by atoms with Crippen molar-refractivity contribution >= 4 is 23.4 Å². The number of alkyl carbamates (subject to hydrolysis) is 1. The van der Waals surface area contributed by atoms with E-state index in [9.17, 15) is 27.2 Å². The molecule has 0 saturated heterocycles. The maximum atomic E-state index is 13.9. The molecular weight excluding hydrogens is 458 g/mol. The molecule has 0 radical (unpaired) electrons. The number of halogens is 4. The van der Waals surface area contributed by atoms with Crippen molar-refractivity contribution in [2.75, 3.05) is 18.5 Å². The molecule has 0 atom stereocenters. The fourth-order valence-corrected chi connectivity index (χ4v) is 2.90. The van der Waals surface area contributed by atoms with Crippen molar-refractivity contribution in [1.29, 1.82) is 0 Å². The smallest absolute Gasteiger partial charge is 0.433 e. The number of benzene rings is 1. The van der Waals surface area contributed by atoms with Crippen LogP contribution in [-0.2, 0) is 22.1 Å². The van der Waals surface area contributed by atoms with E-state index in [0.29, 0.717) is 23.7 Å². The van der Waals surface area contributed by atoms with Crippen LogP contribution in [0.15, 0.2) is 30.5 Å². The van der Waals surface area contributed by atoms with Crippen LogP contribution in [0.2, 0.25) is 0 Å². The second-order valence-corrected chi connectivity index (χ2v) is 8.29. The summed E-state index contributed by atoms with van der Waals surface area (Å²) in [5.41, 5.74) is -1.50. The molecule has 2 rings (SSSR count). The molecule has 0 aliphatic carbocycles. The molecule has 7 nitrogen and oxygen atoms in total. The summed E-state index contributed by atoms with van der Waals surface area (Å²) < 4.78 is 63.5. The molecule has 0 saturated carbocycles. The van der Waals surface area contributed by atoms with E-state index in [4.69, 9.17) is 9.47 Å². The molecule has 0 spiro atoms. The molecule has 0 bridgehead atoms. The van der Waals surface area contributed by atoms with E-state index in [1.54, 1.807) is 27.7 Å². The van der Waals surface area contributed by atoms with Crippen molar-refractivity contribution in [1.82, 2.24) is 10.3 Å². The van der Waals surface area contributed by atoms with Gasteiger partial charge < -0.3 is 20.1 Å². The number of rotatable bonds is 8. The number of aromatic nitrogens is 1. The van der Waals surface area contributed by atoms with Crippen LogP contribution in [0.4, 0.5) is 33.7 Å². The van der Waals surface area contributed by atoms with Crippen LogP contribution < -0.4 is 10.6 Å². The Labute approximate surface area is 194 Å². The van der Waals surface area contributed by atoms with Gasteiger partial charge in [-0.1, -0.05) is 0 Å². The van der Waals surface area contributed by atoms with E-state index in [2.05, 4.69) is 15.6 Å². The second kappa shape index (κ2) is 11.2. The van der Waals surface area contributed by atoms with Gasteiger partial charge in [-0.2, -0.15) is 13.2 Å². The quantitative estimate of drug-likeness (QED) is 0.287. The number of ether oxygens (including phenoxy) is 2. The second-order valence-electron chi connectivity index (χ2n) is 8.29. The van der Waals surface area contributed by atoms with Crippen molar-refractivity contribution in [3.8, 4) is 0 Å². The number of hydrogen-bond acceptors (Lipinski definition) is 6. The largest absolute Gasteiger partial charge is 0.462 e. The summed E-state index contributed by atoms with van der Waals surface area (Å²) in [6.07, 6.45) is -3.87. The standard InChI is InChI=1S/C23H27F4N3O4/c1-5-33-20(31)16-13-29-19(23(25,26)27)12-18(16)30-17-9-8-15(24)11-14(17)7-6-10-28-21(32)34-22(2,3)4/h8-9,11-13H,5-7,10H2,1-4H3,(H,28,32)(H,29,30). The first kappa shape index (κ1) is 26.9. The number of esters is 1. The lowest BCUT2D eigenvalue weighted by atomic mass is 10.1. The Bertz CT molecular complexity index is 1020. The maximum absolute atomic E-state index is 13.9. The molecule has 11 heteroatoms. The van der Waals surface area contributed by atoms with Crippen molar-refractivity contribution in [2.45, 2.75) is 52.3 Å². The fourth-order valence-electron chi connectivity index (χ4n) is 2.90. The van der Waals surface area contributed by atoms with Gasteiger partial charge in [-0.15, -0.1) is 0 Å². The van der Waals surface area contributed by atoms with Gasteiger partial charge in [0.1, 0.15) is 22.7 Å². The van der Waals surface area contributed by atoms with Gasteiger partial charge in [0.2, 0.25) is 0 Å². The summed E-state index contributed by atoms with van der Waals surface area (Å²) in [5.74, 6) is -1.39. The first-order valence-corrected chi connectivity index (χ1v) is 10.6. The maximum Gasteiger partial charge on any atom is 0.433 e. The number of nitrogens with zero attached hydrogens (tertiary/aromatic N) is 1. The van der Waals surface area contributed by atoms with Crippen LogP contribution in [0.25, 0.3) is 0 Å². The third-order valence-electron chi connectivity index (χ3n) is 4.32. The van der Waals surface area contributed by atoms with Gasteiger partial charge in [-0.05, 0) is 70.4 Å². The van der Waals surface area contributed by atoms with E-state index in [1.807, 2.05) is 0 Å². The van der Waals surface area contributed by atoms with Gasteiger partial charge in [-0.3, -0.25) is 4.98 Å². The number of amides is 1. The highest BCUT2D eigenvalue weighted by Gasteiger charge is 2.34. The lowest BCUT2D eigenvalue weighted by Crippen LogP contribution is -2.33. The topological polar surface area (TPSA) is 89.5 Å². The molecule has 0 aliphatic heterocycles. The minimum absolute atomic E-state index is 0.0196. The highest BCUT2D eigenvalue weighted by Crippen LogP contribution is 2.32. The van der Waals surface area contributed by atoms with Gasteiger partial charge in [0.25, 0.3) is 0 Å². The molecule has 1 heterocycles. The number of alkyl halides is 3. The van der Waals surface area contributed by atoms with Crippen molar-refractivity contribution in [3.05, 3.63) is 53.1 Å². The molecule has 1 aromatic heterocycles. The molecule has 186 valence electrons. The minimum atomic E-state index is -4.73. The molecule has 2 N–H and O–H groups in total. The summed E-state index contributed by atoms with van der Waals surface area (Å²) in [4.78, 5) is 27.3. The van der Waals surface area contributed by atoms with Crippen LogP contribution in [0.5, 0.6) is 0 Å². The highest BCUT2D eigenvalue weighted by atomic mass is 19.4. The van der Waals surface area contributed by atoms with E-state index < -0.39 is 35.4 Å². The van der Waals surface area contributed by atoms with E-state index in [0.717, 1.165) is 12.3 Å². The fraction of sp³-hybridized carbons (Fsp3) is 0.435. The van der Waals surface area contributed by atoms with Crippen LogP contribution in [0.1, 0.15) is 55.7 Å². The van der Waals surface area contributed by atoms with E-state index in [1.165, 1.54) is 12.1 Å². The van der Waals surface area contributed by atoms with Crippen molar-refractivity contribution < 1.29 is 36.6 Å². The van der Waals surface area contributed by atoms with Crippen molar-refractivity contribution in [2.24, 2.45) is 0 Å². The first-order valence-electron chi connectivity index (χ1n) is 10.6. The van der Waals surface area contributed by atoms with Gasteiger partial charge in [-0.25, -0.2) is 14.0 Å². The SMILES string of the molecule is CCOC(=O)c1cnc(C(F)(F)F)cc1Nc1ccc(F)cc1CCCNC(=O)OC(C)(C)C. The molecule has 1 aromatic carbocycles. The number of anilines is 2. The van der Waals surface area contributed by atoms with Gasteiger partial charge in [0.05, 0.1) is 12.3 Å². The predicted octanol–water partition coefficient (Wildman–Crippen LogP) is 5.62. The average Bonchev–Trinajstić information content (AvgIpc) is 2.71. The zero-order valence-corrected chi connectivity index (χ0v) is 19.3. The van der Waals surface area contributed by atoms with Crippen LogP contribution >= 0.6 is 0 Å². The summed E-state index contributed by atoms with van der Waals surface area (Å²) in [5, 5.41) is 5.37. The zero-order valence-electron chi connectivity index (χ0n) is 19.3. The molecule has 0 unspecified atom stereocenters. The third-order valence-corrected chi connectivity index (χ3v) is 4.32. The van der Waals surface area contributed by atoms with Crippen LogP contribution in [-0.4, -0.2) is 35.8 Å². The Morgan fingerprint density at radius 3 is 2.41 bits per heavy atom. The number of aryl methyl sites for hydroxylation is 1. The number of nitrogens with one attached hydrogen (secondary N) is 2. The lowest BCUT2D eigenvalue weighted by Gasteiger charge is -2.19. The van der Waals surface area contributed by atoms with E-state index >= 15 is 0 Å². The third kappa shape index (κ3) is 8.20. The Balaban J connectivity index is 2.23. The van der Waals surface area contributed by atoms with Crippen LogP contribution in [0, 0.1) is 5.82 Å². The molecule has 0 aliphatic rings. The zero-order chi connectivity index (χ0) is 25.5. The van der Waals surface area contributed by atoms with E-state index in [-0.39, 0.29) is 30.8 Å². The first-order chi connectivity index (χ1) is 15.8. The Morgan fingerprint density at radius 1 is 1.09 bits per heavy atom. The predicted molar refractivity (Wildman–Crippen MR) is 117 cm³/mol. The minimum Gasteiger partial charge on any atom is -0.462 e. The summed E-state index contributed by atoms with van der Waals surface area (Å²) in [7, 11) is 0. The number of hydrogen-bond donors (Lipinski definition) is 2. The Hall–Kier alpha value is -3.37. The van der Waals surface area contributed by atoms with Gasteiger partial charge in [0, 0.05) is 18.4 Å². The molecule has 2 aromatic rings. The summed E-state index contributed by atoms with van der Waals surface area (Å²) >= 11 is 0. The number of carbonyl (C=O) groups excluding carboxylic acids is 2. The van der Waals surface area contributed by atoms with Crippen molar-refractivity contribution in [3.63, 3.8) is 0 Å². The number of carbonyl (C=O) groups is 2. The molecule has 34 heavy (non-hydrogen) atoms. The molecule has 0 fully saturated rings. The Kier molecular flexibility index (Phi) is 8.83. The Morgan fingerprint density at radius 2 is 1.79 bits per heavy atom. The highest BCUT2D eigenvalue weighted by molar-refractivity contribution is 5.96. The van der Waals surface area contributed by atoms with Gasteiger partial charge in [0.15, 0.2) is 0 Å². The molecular formula is C23H27F4N3O4. The van der Waals surface area contributed by atoms with Crippen LogP contribution in [0.3, 0.4) is 0 Å². The van der Waals surface area contributed by atoms with Gasteiger partial charge >= 0.3 is 18.2 Å². The molecule has 1 amide bonds. The average molecular weight is 485 g/mol. The number of pyridine rings is 1. The lowest BCUT2D eigenvalue weighted by molar-refractivity contribution is -0.141. The summed E-state index contributed by atoms with van der Waals surface area (Å²) in [6.45, 7) is 6.99.